The highest BCUT2D eigenvalue weighted by Crippen LogP contribution is 2.32. The Hall–Kier alpha value is -3.99. The molecular weight excluding hydrogens is 555 g/mol. The lowest BCUT2D eigenvalue weighted by atomic mass is 10.1. The van der Waals surface area contributed by atoms with Crippen molar-refractivity contribution in [2.75, 3.05) is 23.9 Å². The molecule has 0 bridgehead atoms. The molecule has 0 amide bonds. The molecule has 5 rings (SSSR count). The normalized spacial score (nSPS) is 11.6. The van der Waals surface area contributed by atoms with Crippen LogP contribution >= 0.6 is 11.6 Å². The Morgan fingerprint density at radius 2 is 1.90 bits per heavy atom. The zero-order chi connectivity index (χ0) is 28.1. The van der Waals surface area contributed by atoms with E-state index in [2.05, 4.69) is 20.6 Å². The van der Waals surface area contributed by atoms with E-state index in [1.165, 1.54) is 24.7 Å². The van der Waals surface area contributed by atoms with Gasteiger partial charge in [0.25, 0.3) is 0 Å². The van der Waals surface area contributed by atoms with Crippen LogP contribution in [-0.4, -0.2) is 36.9 Å². The largest absolute Gasteiger partial charge is 0.487 e. The van der Waals surface area contributed by atoms with Crippen LogP contribution in [0.4, 0.5) is 15.9 Å². The van der Waals surface area contributed by atoms with Gasteiger partial charge in [-0.3, -0.25) is 0 Å². The smallest absolute Gasteiger partial charge is 0.148 e. The van der Waals surface area contributed by atoms with Crippen LogP contribution in [0.3, 0.4) is 0 Å². The van der Waals surface area contributed by atoms with Crippen molar-refractivity contribution in [2.45, 2.75) is 13.2 Å². The summed E-state index contributed by atoms with van der Waals surface area (Å²) in [4.78, 5) is 8.81. The van der Waals surface area contributed by atoms with E-state index in [1.54, 1.807) is 24.3 Å². The molecule has 0 aliphatic rings. The number of aromatic nitrogens is 2. The summed E-state index contributed by atoms with van der Waals surface area (Å²) in [6.07, 6.45) is 2.69. The molecule has 0 saturated carbocycles. The van der Waals surface area contributed by atoms with Crippen LogP contribution < -0.4 is 15.4 Å². The number of fused-ring (bicyclic) bond motifs is 1. The highest BCUT2D eigenvalue weighted by atomic mass is 35.5. The first kappa shape index (κ1) is 27.6. The molecule has 0 aliphatic heterocycles. The number of rotatable bonds is 11. The second kappa shape index (κ2) is 12.0. The van der Waals surface area contributed by atoms with Crippen molar-refractivity contribution < 1.29 is 22.0 Å². The van der Waals surface area contributed by atoms with Crippen molar-refractivity contribution in [3.63, 3.8) is 0 Å². The number of nitrogens with zero attached hydrogens (tertiary/aromatic N) is 2. The monoisotopic (exact) mass is 580 g/mol. The topological polar surface area (TPSA) is 106 Å². The van der Waals surface area contributed by atoms with E-state index in [1.807, 2.05) is 36.4 Å². The second-order valence-corrected chi connectivity index (χ2v) is 11.9. The molecule has 0 unspecified atom stereocenters. The van der Waals surface area contributed by atoms with E-state index in [4.69, 9.17) is 20.8 Å². The Kier molecular flexibility index (Phi) is 8.29. The third-order valence-electron chi connectivity index (χ3n) is 6.01. The zero-order valence-electron chi connectivity index (χ0n) is 21.5. The molecule has 3 aromatic carbocycles. The van der Waals surface area contributed by atoms with Gasteiger partial charge in [0.2, 0.25) is 0 Å². The first-order chi connectivity index (χ1) is 19.2. The Balaban J connectivity index is 1.26. The van der Waals surface area contributed by atoms with E-state index in [-0.39, 0.29) is 18.2 Å². The summed E-state index contributed by atoms with van der Waals surface area (Å²) in [6.45, 7) is 0.976. The van der Waals surface area contributed by atoms with Crippen molar-refractivity contribution in [2.24, 2.45) is 0 Å². The number of halogens is 2. The number of hydrogen-bond acceptors (Lipinski definition) is 8. The van der Waals surface area contributed by atoms with Crippen LogP contribution in [0, 0.1) is 5.82 Å². The zero-order valence-corrected chi connectivity index (χ0v) is 23.1. The molecule has 0 aliphatic carbocycles. The van der Waals surface area contributed by atoms with Gasteiger partial charge >= 0.3 is 0 Å². The number of hydrogen-bond donors (Lipinski definition) is 2. The SMILES string of the molecule is CS(=O)(=O)CCNCc1ccc(-c2ccc3c(Nc4ccc(OCc5cccc(F)c5)c(Cl)c4)ncnc3c2)o1. The van der Waals surface area contributed by atoms with Crippen molar-refractivity contribution >= 4 is 43.8 Å². The maximum absolute atomic E-state index is 13.4. The number of nitrogens with one attached hydrogen (secondary N) is 2. The number of ether oxygens (including phenoxy) is 1. The van der Waals surface area contributed by atoms with Gasteiger partial charge in [-0.05, 0) is 60.2 Å². The fraction of sp³-hybridized carbons (Fsp3) is 0.172. The van der Waals surface area contributed by atoms with Crippen LogP contribution in [0.15, 0.2) is 83.5 Å². The summed E-state index contributed by atoms with van der Waals surface area (Å²) < 4.78 is 47.7. The molecule has 2 N–H and O–H groups in total. The van der Waals surface area contributed by atoms with E-state index in [0.717, 1.165) is 16.5 Å². The average molecular weight is 581 g/mol. The first-order valence-corrected chi connectivity index (χ1v) is 14.8. The molecule has 0 fully saturated rings. The molecule has 0 atom stereocenters. The van der Waals surface area contributed by atoms with Crippen LogP contribution in [0.2, 0.25) is 5.02 Å². The van der Waals surface area contributed by atoms with Crippen LogP contribution in [0.5, 0.6) is 5.75 Å². The quantitative estimate of drug-likeness (QED) is 0.179. The van der Waals surface area contributed by atoms with E-state index in [0.29, 0.717) is 52.5 Å². The minimum absolute atomic E-state index is 0.0714. The predicted octanol–water partition coefficient (Wildman–Crippen LogP) is 6.14. The molecule has 0 spiro atoms. The third kappa shape index (κ3) is 7.15. The number of benzene rings is 3. The molecular formula is C29H26ClFN4O4S. The van der Waals surface area contributed by atoms with Crippen LogP contribution in [0.25, 0.3) is 22.2 Å². The van der Waals surface area contributed by atoms with Gasteiger partial charge in [-0.15, -0.1) is 0 Å². The van der Waals surface area contributed by atoms with Gasteiger partial charge in [0.1, 0.15) is 51.7 Å². The summed E-state index contributed by atoms with van der Waals surface area (Å²) >= 11 is 6.45. The summed E-state index contributed by atoms with van der Waals surface area (Å²) in [5.74, 6) is 2.22. The summed E-state index contributed by atoms with van der Waals surface area (Å²) in [5.41, 5.74) is 2.99. The first-order valence-electron chi connectivity index (χ1n) is 12.4. The van der Waals surface area contributed by atoms with E-state index < -0.39 is 9.84 Å². The van der Waals surface area contributed by atoms with Gasteiger partial charge in [0.05, 0.1) is 22.8 Å². The average Bonchev–Trinajstić information content (AvgIpc) is 3.39. The van der Waals surface area contributed by atoms with E-state index >= 15 is 0 Å². The van der Waals surface area contributed by atoms with Crippen LogP contribution in [-0.2, 0) is 23.0 Å². The van der Waals surface area contributed by atoms with E-state index in [9.17, 15) is 12.8 Å². The van der Waals surface area contributed by atoms with Crippen molar-refractivity contribution in [3.8, 4) is 17.1 Å². The van der Waals surface area contributed by atoms with Crippen LogP contribution in [0.1, 0.15) is 11.3 Å². The number of sulfone groups is 1. The molecule has 40 heavy (non-hydrogen) atoms. The summed E-state index contributed by atoms with van der Waals surface area (Å²) in [6, 6.07) is 21.0. The fourth-order valence-electron chi connectivity index (χ4n) is 4.03. The highest BCUT2D eigenvalue weighted by Gasteiger charge is 2.11. The molecule has 2 heterocycles. The maximum atomic E-state index is 13.4. The molecule has 11 heteroatoms. The second-order valence-electron chi connectivity index (χ2n) is 9.22. The van der Waals surface area contributed by atoms with Gasteiger partial charge in [0.15, 0.2) is 0 Å². The van der Waals surface area contributed by atoms with Gasteiger partial charge in [-0.25, -0.2) is 22.8 Å². The lowest BCUT2D eigenvalue weighted by Crippen LogP contribution is -2.21. The minimum atomic E-state index is -3.01. The molecule has 206 valence electrons. The predicted molar refractivity (Wildman–Crippen MR) is 154 cm³/mol. The standard InChI is InChI=1S/C29H26ClFN4O4S/c1-40(36,37)12-11-32-16-23-7-10-27(39-23)20-5-8-24-26(14-20)33-18-34-29(24)35-22-6-9-28(25(30)15-22)38-17-19-3-2-4-21(31)13-19/h2-10,13-15,18,32H,11-12,16-17H2,1H3,(H,33,34,35). The van der Waals surface area contributed by atoms with Gasteiger partial charge in [-0.2, -0.15) is 0 Å². The lowest BCUT2D eigenvalue weighted by molar-refractivity contribution is 0.306. The Bertz CT molecular complexity index is 1760. The van der Waals surface area contributed by atoms with Crippen molar-refractivity contribution in [1.82, 2.24) is 15.3 Å². The Morgan fingerprint density at radius 1 is 1.02 bits per heavy atom. The van der Waals surface area contributed by atoms with Gasteiger partial charge < -0.3 is 19.8 Å². The summed E-state index contributed by atoms with van der Waals surface area (Å²) in [7, 11) is -3.01. The Labute approximate surface area is 236 Å². The molecule has 5 aromatic rings. The Morgan fingerprint density at radius 3 is 2.70 bits per heavy atom. The third-order valence-corrected chi connectivity index (χ3v) is 7.25. The van der Waals surface area contributed by atoms with Crippen molar-refractivity contribution in [1.29, 1.82) is 0 Å². The number of anilines is 2. The van der Waals surface area contributed by atoms with Gasteiger partial charge in [-0.1, -0.05) is 29.8 Å². The molecule has 0 radical (unpaired) electrons. The maximum Gasteiger partial charge on any atom is 0.148 e. The van der Waals surface area contributed by atoms with Gasteiger partial charge in [0, 0.05) is 29.4 Å². The lowest BCUT2D eigenvalue weighted by Gasteiger charge is -2.12. The summed E-state index contributed by atoms with van der Waals surface area (Å²) in [5, 5.41) is 7.57. The highest BCUT2D eigenvalue weighted by molar-refractivity contribution is 7.90. The molecule has 8 nitrogen and oxygen atoms in total. The minimum Gasteiger partial charge on any atom is -0.487 e. The molecule has 0 saturated heterocycles. The fourth-order valence-corrected chi connectivity index (χ4v) is 4.78. The number of furan rings is 1. The van der Waals surface area contributed by atoms with Crippen molar-refractivity contribution in [3.05, 3.63) is 101 Å². The molecule has 2 aromatic heterocycles.